The summed E-state index contributed by atoms with van der Waals surface area (Å²) in [5, 5.41) is 1.03. The Bertz CT molecular complexity index is 453. The van der Waals surface area contributed by atoms with E-state index in [0.717, 1.165) is 27.0 Å². The van der Waals surface area contributed by atoms with Gasteiger partial charge in [0, 0.05) is 0 Å². The van der Waals surface area contributed by atoms with Gasteiger partial charge in [0.25, 0.3) is 0 Å². The van der Waals surface area contributed by atoms with Crippen LogP contribution in [0.2, 0.25) is 0 Å². The van der Waals surface area contributed by atoms with Gasteiger partial charge >= 0.3 is 0 Å². The third-order valence-electron chi connectivity index (χ3n) is 2.01. The Labute approximate surface area is 97.4 Å². The average molecular weight is 239 g/mol. The Kier molecular flexibility index (Phi) is 3.53. The summed E-state index contributed by atoms with van der Waals surface area (Å²) in [6.07, 6.45) is 2.44. The molecule has 5 heteroatoms. The van der Waals surface area contributed by atoms with E-state index in [2.05, 4.69) is 21.9 Å². The summed E-state index contributed by atoms with van der Waals surface area (Å²) in [5.41, 5.74) is 2.80. The van der Waals surface area contributed by atoms with Gasteiger partial charge in [0.15, 0.2) is 0 Å². The average Bonchev–Trinajstić information content (AvgIpc) is 2.65. The van der Waals surface area contributed by atoms with E-state index in [1.165, 1.54) is 12.8 Å². The summed E-state index contributed by atoms with van der Waals surface area (Å²) < 4.78 is 0. The molecule has 0 aromatic carbocycles. The lowest BCUT2D eigenvalue weighted by Crippen LogP contribution is -1.91. The van der Waals surface area contributed by atoms with Gasteiger partial charge in [-0.15, -0.1) is 23.1 Å². The predicted molar refractivity (Wildman–Crippen MR) is 65.6 cm³/mol. The van der Waals surface area contributed by atoms with Gasteiger partial charge in [0.1, 0.15) is 21.2 Å². The molecule has 0 amide bonds. The molecule has 80 valence electrons. The fourth-order valence-electron chi connectivity index (χ4n) is 1.25. The van der Waals surface area contributed by atoms with E-state index in [0.29, 0.717) is 0 Å². The molecule has 0 atom stereocenters. The van der Waals surface area contributed by atoms with Crippen LogP contribution in [0.1, 0.15) is 25.6 Å². The molecule has 2 heterocycles. The molecule has 2 aromatic heterocycles. The number of rotatable bonds is 4. The second kappa shape index (κ2) is 4.90. The molecule has 0 saturated carbocycles. The van der Waals surface area contributed by atoms with Gasteiger partial charge in [0.05, 0.1) is 5.51 Å². The molecule has 0 fully saturated rings. The smallest absolute Gasteiger partial charge is 0.148 e. The third-order valence-corrected chi connectivity index (χ3v) is 3.78. The first kappa shape index (κ1) is 10.8. The minimum absolute atomic E-state index is 0.839. The van der Waals surface area contributed by atoms with E-state index in [-0.39, 0.29) is 0 Å². The molecule has 0 spiro atoms. The number of hydrogen-bond acceptors (Lipinski definition) is 5. The van der Waals surface area contributed by atoms with Crippen LogP contribution in [-0.4, -0.2) is 20.7 Å². The van der Waals surface area contributed by atoms with Crippen molar-refractivity contribution < 1.29 is 0 Å². The van der Waals surface area contributed by atoms with Gasteiger partial charge in [0.2, 0.25) is 0 Å². The number of thiazole rings is 1. The maximum atomic E-state index is 4.44. The minimum atomic E-state index is 0.839. The van der Waals surface area contributed by atoms with Crippen molar-refractivity contribution in [3.05, 3.63) is 11.3 Å². The van der Waals surface area contributed by atoms with E-state index in [4.69, 9.17) is 0 Å². The van der Waals surface area contributed by atoms with Crippen LogP contribution in [0.5, 0.6) is 0 Å². The van der Waals surface area contributed by atoms with Crippen molar-refractivity contribution in [1.82, 2.24) is 15.0 Å². The summed E-state index contributed by atoms with van der Waals surface area (Å²) in [5.74, 6) is 1.95. The van der Waals surface area contributed by atoms with Crippen LogP contribution in [0.4, 0.5) is 0 Å². The van der Waals surface area contributed by atoms with Crippen LogP contribution in [0, 0.1) is 6.92 Å². The highest BCUT2D eigenvalue weighted by atomic mass is 32.2. The first-order chi connectivity index (χ1) is 7.31. The van der Waals surface area contributed by atoms with E-state index < -0.39 is 0 Å². The Morgan fingerprint density at radius 3 is 3.07 bits per heavy atom. The van der Waals surface area contributed by atoms with Gasteiger partial charge in [-0.1, -0.05) is 13.3 Å². The molecule has 0 aliphatic rings. The SMILES string of the molecule is CCCCSc1nc(C)nc2scnc12. The lowest BCUT2D eigenvalue weighted by molar-refractivity contribution is 0.893. The van der Waals surface area contributed by atoms with Crippen molar-refractivity contribution >= 4 is 33.4 Å². The third kappa shape index (κ3) is 2.46. The molecule has 0 unspecified atom stereocenters. The Morgan fingerprint density at radius 2 is 2.27 bits per heavy atom. The molecular weight excluding hydrogens is 226 g/mol. The highest BCUT2D eigenvalue weighted by molar-refractivity contribution is 7.99. The molecule has 0 N–H and O–H groups in total. The van der Waals surface area contributed by atoms with Crippen LogP contribution in [-0.2, 0) is 0 Å². The topological polar surface area (TPSA) is 38.7 Å². The summed E-state index contributed by atoms with van der Waals surface area (Å²) in [4.78, 5) is 14.1. The second-order valence-corrected chi connectivity index (χ2v) is 5.20. The Hall–Kier alpha value is -0.680. The number of nitrogens with zero attached hydrogens (tertiary/aromatic N) is 3. The van der Waals surface area contributed by atoms with Crippen LogP contribution in [0.25, 0.3) is 10.3 Å². The van der Waals surface area contributed by atoms with Gasteiger partial charge in [-0.2, -0.15) is 0 Å². The molecule has 2 rings (SSSR count). The fourth-order valence-corrected chi connectivity index (χ4v) is 3.13. The summed E-state index contributed by atoms with van der Waals surface area (Å²) in [7, 11) is 0. The molecule has 0 aliphatic heterocycles. The summed E-state index contributed by atoms with van der Waals surface area (Å²) in [6, 6.07) is 0. The van der Waals surface area contributed by atoms with E-state index in [1.54, 1.807) is 23.1 Å². The number of thioether (sulfide) groups is 1. The van der Waals surface area contributed by atoms with Gasteiger partial charge in [-0.3, -0.25) is 0 Å². The first-order valence-electron chi connectivity index (χ1n) is 5.02. The molecule has 0 saturated heterocycles. The van der Waals surface area contributed by atoms with Crippen molar-refractivity contribution in [3.8, 4) is 0 Å². The van der Waals surface area contributed by atoms with Gasteiger partial charge < -0.3 is 0 Å². The van der Waals surface area contributed by atoms with Crippen molar-refractivity contribution in [2.45, 2.75) is 31.7 Å². The van der Waals surface area contributed by atoms with E-state index in [9.17, 15) is 0 Å². The van der Waals surface area contributed by atoms with Gasteiger partial charge in [-0.25, -0.2) is 15.0 Å². The molecule has 0 aliphatic carbocycles. The largest absolute Gasteiger partial charge is 0.240 e. The lowest BCUT2D eigenvalue weighted by atomic mass is 10.4. The number of fused-ring (bicyclic) bond motifs is 1. The standard InChI is InChI=1S/C10H13N3S2/c1-3-4-5-14-9-8-10(15-6-11-8)13-7(2)12-9/h6H,3-5H2,1-2H3. The Morgan fingerprint density at radius 1 is 1.40 bits per heavy atom. The Balaban J connectivity index is 2.27. The zero-order valence-electron chi connectivity index (χ0n) is 8.86. The maximum absolute atomic E-state index is 4.44. The number of aromatic nitrogens is 3. The second-order valence-electron chi connectivity index (χ2n) is 3.28. The number of unbranched alkanes of at least 4 members (excludes halogenated alkanes) is 1. The van der Waals surface area contributed by atoms with Crippen LogP contribution in [0.15, 0.2) is 10.5 Å². The van der Waals surface area contributed by atoms with Crippen molar-refractivity contribution in [2.75, 3.05) is 5.75 Å². The van der Waals surface area contributed by atoms with Crippen LogP contribution < -0.4 is 0 Å². The predicted octanol–water partition coefficient (Wildman–Crippen LogP) is 3.29. The minimum Gasteiger partial charge on any atom is -0.240 e. The molecule has 0 bridgehead atoms. The molecule has 0 radical (unpaired) electrons. The van der Waals surface area contributed by atoms with Crippen molar-refractivity contribution in [2.24, 2.45) is 0 Å². The number of aryl methyl sites for hydroxylation is 1. The number of hydrogen-bond donors (Lipinski definition) is 0. The zero-order valence-corrected chi connectivity index (χ0v) is 10.5. The van der Waals surface area contributed by atoms with Gasteiger partial charge in [-0.05, 0) is 19.1 Å². The molecule has 15 heavy (non-hydrogen) atoms. The van der Waals surface area contributed by atoms with E-state index in [1.807, 2.05) is 12.4 Å². The van der Waals surface area contributed by atoms with Crippen LogP contribution >= 0.6 is 23.1 Å². The zero-order chi connectivity index (χ0) is 10.7. The molecule has 2 aromatic rings. The monoisotopic (exact) mass is 239 g/mol. The van der Waals surface area contributed by atoms with Crippen LogP contribution in [0.3, 0.4) is 0 Å². The summed E-state index contributed by atoms with van der Waals surface area (Å²) >= 11 is 3.37. The quantitative estimate of drug-likeness (QED) is 0.466. The fraction of sp³-hybridized carbons (Fsp3) is 0.500. The molecular formula is C10H13N3S2. The normalized spacial score (nSPS) is 11.1. The van der Waals surface area contributed by atoms with E-state index >= 15 is 0 Å². The first-order valence-corrected chi connectivity index (χ1v) is 6.88. The van der Waals surface area contributed by atoms with Crippen molar-refractivity contribution in [1.29, 1.82) is 0 Å². The summed E-state index contributed by atoms with van der Waals surface area (Å²) in [6.45, 7) is 4.13. The lowest BCUT2D eigenvalue weighted by Gasteiger charge is -2.01. The highest BCUT2D eigenvalue weighted by Crippen LogP contribution is 2.26. The maximum Gasteiger partial charge on any atom is 0.148 e. The molecule has 3 nitrogen and oxygen atoms in total. The van der Waals surface area contributed by atoms with Crippen molar-refractivity contribution in [3.63, 3.8) is 0 Å². The highest BCUT2D eigenvalue weighted by Gasteiger charge is 2.08.